The normalized spacial score (nSPS) is 11.8. The summed E-state index contributed by atoms with van der Waals surface area (Å²) in [5, 5.41) is 5.39. The van der Waals surface area contributed by atoms with E-state index in [-0.39, 0.29) is 58.4 Å². The van der Waals surface area contributed by atoms with E-state index >= 15 is 0 Å². The summed E-state index contributed by atoms with van der Waals surface area (Å²) in [6.45, 7) is 4.25. The molecule has 0 unspecified atom stereocenters. The van der Waals surface area contributed by atoms with Gasteiger partial charge in [-0.1, -0.05) is 45.2 Å². The maximum absolute atomic E-state index is 2.39. The number of aryl methyl sites for hydroxylation is 2. The minimum absolute atomic E-state index is 0. The van der Waals surface area contributed by atoms with Crippen molar-refractivity contribution in [3.05, 3.63) is 97.8 Å². The number of fused-ring (bicyclic) bond motifs is 2. The Hall–Kier alpha value is -0.877. The molecule has 3 heteroatoms. The Morgan fingerprint density at radius 3 is 1.33 bits per heavy atom. The third kappa shape index (κ3) is 9.95. The van der Waals surface area contributed by atoms with Crippen molar-refractivity contribution in [2.75, 3.05) is 0 Å². The molecule has 160 valence electrons. The van der Waals surface area contributed by atoms with Gasteiger partial charge in [-0.05, 0) is 0 Å². The van der Waals surface area contributed by atoms with Crippen LogP contribution in [0.2, 0.25) is 0 Å². The van der Waals surface area contributed by atoms with E-state index in [0.717, 1.165) is 0 Å². The van der Waals surface area contributed by atoms with Gasteiger partial charge in [-0.15, -0.1) is 106 Å². The number of hydrogen-bond donors (Lipinski definition) is 0. The van der Waals surface area contributed by atoms with Gasteiger partial charge in [0, 0.05) is 0 Å². The predicted octanol–water partition coefficient (Wildman–Crippen LogP) is 9.18. The fourth-order valence-electron chi connectivity index (χ4n) is 3.51. The first-order chi connectivity index (χ1) is 12.7. The molecule has 0 nitrogen and oxygen atoms in total. The van der Waals surface area contributed by atoms with Crippen LogP contribution in [-0.2, 0) is 26.2 Å². The van der Waals surface area contributed by atoms with Crippen LogP contribution in [0.25, 0.3) is 21.5 Å². The molecule has 0 aromatic heterocycles. The van der Waals surface area contributed by atoms with Crippen LogP contribution in [-0.4, -0.2) is 0 Å². The Kier molecular flexibility index (Phi) is 17.5. The van der Waals surface area contributed by atoms with Crippen molar-refractivity contribution < 1.29 is 26.2 Å². The molecule has 5 rings (SSSR count). The number of benzene rings is 2. The van der Waals surface area contributed by atoms with E-state index in [4.69, 9.17) is 0 Å². The van der Waals surface area contributed by atoms with Crippen LogP contribution in [0.15, 0.2) is 72.8 Å². The second kappa shape index (κ2) is 16.8. The van der Waals surface area contributed by atoms with Crippen molar-refractivity contribution >= 4 is 46.4 Å². The Bertz CT molecular complexity index is 783. The zero-order valence-electron chi connectivity index (χ0n) is 18.4. The van der Waals surface area contributed by atoms with Crippen LogP contribution in [0.1, 0.15) is 43.2 Å². The summed E-state index contributed by atoms with van der Waals surface area (Å²) in [5.41, 5.74) is 2.70. The minimum Gasteiger partial charge on any atom is -0.358 e. The van der Waals surface area contributed by atoms with Crippen molar-refractivity contribution in [3.8, 4) is 0 Å². The summed E-state index contributed by atoms with van der Waals surface area (Å²) < 4.78 is 0. The first-order valence-electron chi connectivity index (χ1n) is 9.78. The predicted molar refractivity (Wildman–Crippen MR) is 137 cm³/mol. The second-order valence-corrected chi connectivity index (χ2v) is 7.25. The van der Waals surface area contributed by atoms with Crippen LogP contribution >= 0.6 is 24.8 Å². The zero-order chi connectivity index (χ0) is 18.2. The molecule has 0 radical (unpaired) electrons. The first kappa shape index (κ1) is 31.3. The Labute approximate surface area is 215 Å². The monoisotopic (exact) mass is 518 g/mol. The van der Waals surface area contributed by atoms with Crippen LogP contribution in [0, 0.1) is 27.7 Å². The molecule has 1 aliphatic rings. The van der Waals surface area contributed by atoms with Crippen LogP contribution in [0.4, 0.5) is 0 Å². The van der Waals surface area contributed by atoms with Crippen LogP contribution in [0.5, 0.6) is 0 Å². The molecule has 0 amide bonds. The largest absolute Gasteiger partial charge is 4.00 e. The van der Waals surface area contributed by atoms with Crippen LogP contribution < -0.4 is 0 Å². The standard InChI is InChI=1S/2C10H9.C6H11.CH3.2ClH.Zr/c2*1-8-6-9-4-2-3-5-10(9)7-8;1-2-4-6-5-3-1;;;;/h2*2-7H,1H3;1H,2-6H2;1H3;2*1H;/q4*-1;;;+4. The Balaban J connectivity index is 0. The number of rotatable bonds is 0. The minimum atomic E-state index is 0. The van der Waals surface area contributed by atoms with Crippen molar-refractivity contribution in [2.45, 2.75) is 46.0 Å². The van der Waals surface area contributed by atoms with Gasteiger partial charge in [0.1, 0.15) is 0 Å². The SMILES string of the molecule is Cc1cc2ccccc2[cH-]1.Cc1cc2ccccc2[cH-]1.Cl.Cl.[CH-]1CCCCC1.[CH3-].[Zr+4]. The van der Waals surface area contributed by atoms with Gasteiger partial charge in [0.05, 0.1) is 0 Å². The molecule has 0 atom stereocenters. The second-order valence-electron chi connectivity index (χ2n) is 7.25. The van der Waals surface area contributed by atoms with Crippen molar-refractivity contribution in [1.29, 1.82) is 0 Å². The molecule has 0 spiro atoms. The maximum atomic E-state index is 2.39. The van der Waals surface area contributed by atoms with E-state index < -0.39 is 0 Å². The molecule has 4 aromatic rings. The van der Waals surface area contributed by atoms with E-state index in [1.807, 2.05) is 0 Å². The van der Waals surface area contributed by atoms with Gasteiger partial charge in [0.2, 0.25) is 0 Å². The number of hydrogen-bond acceptors (Lipinski definition) is 0. The van der Waals surface area contributed by atoms with Gasteiger partial charge < -0.3 is 13.8 Å². The summed E-state index contributed by atoms with van der Waals surface area (Å²) in [6.07, 6.45) is 9.50. The molecule has 0 bridgehead atoms. The van der Waals surface area contributed by atoms with Gasteiger partial charge in [0.15, 0.2) is 0 Å². The molecule has 4 aromatic carbocycles. The smallest absolute Gasteiger partial charge is 0.358 e. The Morgan fingerprint density at radius 2 is 1.03 bits per heavy atom. The number of halogens is 2. The Morgan fingerprint density at radius 1 is 0.633 bits per heavy atom. The van der Waals surface area contributed by atoms with Gasteiger partial charge in [-0.2, -0.15) is 25.0 Å². The quantitative estimate of drug-likeness (QED) is 0.203. The van der Waals surface area contributed by atoms with Crippen molar-refractivity contribution in [3.63, 3.8) is 0 Å². The van der Waals surface area contributed by atoms with Crippen molar-refractivity contribution in [1.82, 2.24) is 0 Å². The third-order valence-electron chi connectivity index (χ3n) is 4.84. The third-order valence-corrected chi connectivity index (χ3v) is 4.84. The average Bonchev–Trinajstić information content (AvgIpc) is 3.24. The summed E-state index contributed by atoms with van der Waals surface area (Å²) in [4.78, 5) is 0. The summed E-state index contributed by atoms with van der Waals surface area (Å²) in [5.74, 6) is 0. The molecule has 1 fully saturated rings. The molecular weight excluding hydrogens is 486 g/mol. The molecule has 0 N–H and O–H groups in total. The topological polar surface area (TPSA) is 0 Å². The fraction of sp³-hybridized carbons (Fsp3) is 0.259. The van der Waals surface area contributed by atoms with Crippen molar-refractivity contribution in [2.24, 2.45) is 0 Å². The van der Waals surface area contributed by atoms with Gasteiger partial charge in [-0.3, -0.25) is 0 Å². The molecule has 30 heavy (non-hydrogen) atoms. The van der Waals surface area contributed by atoms with E-state index in [1.165, 1.54) is 64.8 Å². The average molecular weight is 521 g/mol. The zero-order valence-corrected chi connectivity index (χ0v) is 22.4. The van der Waals surface area contributed by atoms with E-state index in [1.54, 1.807) is 0 Å². The maximum Gasteiger partial charge on any atom is 4.00 e. The molecular formula is C27H34Cl2Zr. The van der Waals surface area contributed by atoms with Crippen LogP contribution in [0.3, 0.4) is 0 Å². The van der Waals surface area contributed by atoms with Gasteiger partial charge in [0.25, 0.3) is 0 Å². The summed E-state index contributed by atoms with van der Waals surface area (Å²) in [7, 11) is 0. The van der Waals surface area contributed by atoms with Gasteiger partial charge in [-0.25, -0.2) is 0 Å². The first-order valence-corrected chi connectivity index (χ1v) is 9.78. The molecule has 1 aliphatic carbocycles. The van der Waals surface area contributed by atoms with Gasteiger partial charge >= 0.3 is 26.2 Å². The summed E-state index contributed by atoms with van der Waals surface area (Å²) in [6, 6.07) is 25.7. The van der Waals surface area contributed by atoms with E-state index in [9.17, 15) is 0 Å². The fourth-order valence-corrected chi connectivity index (χ4v) is 3.51. The molecule has 0 heterocycles. The summed E-state index contributed by atoms with van der Waals surface area (Å²) >= 11 is 0. The van der Waals surface area contributed by atoms with E-state index in [0.29, 0.717) is 0 Å². The molecule has 0 aliphatic heterocycles. The molecule has 1 saturated carbocycles. The van der Waals surface area contributed by atoms with E-state index in [2.05, 4.69) is 93.1 Å². The molecule has 0 saturated heterocycles.